The predicted octanol–water partition coefficient (Wildman–Crippen LogP) is 4.09. The minimum absolute atomic E-state index is 0.239. The van der Waals surface area contributed by atoms with Crippen LogP contribution in [0.15, 0.2) is 47.4 Å². The zero-order valence-electron chi connectivity index (χ0n) is 15.9. The third-order valence-electron chi connectivity index (χ3n) is 4.40. The van der Waals surface area contributed by atoms with Crippen molar-refractivity contribution < 1.29 is 13.2 Å². The van der Waals surface area contributed by atoms with Gasteiger partial charge in [-0.15, -0.1) is 0 Å². The molecule has 0 N–H and O–H groups in total. The third-order valence-corrected chi connectivity index (χ3v) is 6.45. The average molecular weight is 407 g/mol. The van der Waals surface area contributed by atoms with Crippen LogP contribution in [-0.4, -0.2) is 44.5 Å². The van der Waals surface area contributed by atoms with E-state index in [1.165, 1.54) is 3.97 Å². The molecule has 1 aromatic heterocycles. The molecule has 0 aliphatic carbocycles. The highest BCUT2D eigenvalue weighted by atomic mass is 35.5. The molecule has 5 nitrogen and oxygen atoms in total. The number of fused-ring (bicyclic) bond motifs is 1. The van der Waals surface area contributed by atoms with Crippen LogP contribution < -0.4 is 4.74 Å². The molecule has 0 radical (unpaired) electrons. The molecule has 0 unspecified atom stereocenters. The first-order valence-electron chi connectivity index (χ1n) is 8.62. The van der Waals surface area contributed by atoms with E-state index in [-0.39, 0.29) is 4.90 Å². The highest BCUT2D eigenvalue weighted by molar-refractivity contribution is 7.90. The van der Waals surface area contributed by atoms with Crippen LogP contribution in [0.25, 0.3) is 10.9 Å². The smallest absolute Gasteiger partial charge is 0.268 e. The number of hydrogen-bond acceptors (Lipinski definition) is 4. The summed E-state index contributed by atoms with van der Waals surface area (Å²) >= 11 is 6.16. The molecule has 27 heavy (non-hydrogen) atoms. The zero-order chi connectivity index (χ0) is 19.8. The fraction of sp³-hybridized carbons (Fsp3) is 0.300. The summed E-state index contributed by atoms with van der Waals surface area (Å²) in [5, 5.41) is 1.22. The Morgan fingerprint density at radius 1 is 1.07 bits per heavy atom. The van der Waals surface area contributed by atoms with Gasteiger partial charge in [0.1, 0.15) is 12.4 Å². The van der Waals surface area contributed by atoms with E-state index in [0.29, 0.717) is 34.0 Å². The van der Waals surface area contributed by atoms with Gasteiger partial charge in [0, 0.05) is 17.0 Å². The van der Waals surface area contributed by atoms with Gasteiger partial charge < -0.3 is 9.64 Å². The quantitative estimate of drug-likeness (QED) is 0.618. The molecule has 3 aromatic rings. The maximum Gasteiger partial charge on any atom is 0.268 e. The van der Waals surface area contributed by atoms with E-state index in [4.69, 9.17) is 16.3 Å². The Morgan fingerprint density at radius 2 is 1.74 bits per heavy atom. The van der Waals surface area contributed by atoms with Crippen LogP contribution in [0, 0.1) is 13.8 Å². The molecule has 0 fully saturated rings. The Kier molecular flexibility index (Phi) is 5.51. The summed E-state index contributed by atoms with van der Waals surface area (Å²) in [6, 6.07) is 12.0. The molecule has 0 atom stereocenters. The van der Waals surface area contributed by atoms with Gasteiger partial charge >= 0.3 is 0 Å². The number of nitrogens with zero attached hydrogens (tertiary/aromatic N) is 2. The second-order valence-electron chi connectivity index (χ2n) is 6.81. The van der Waals surface area contributed by atoms with Crippen molar-refractivity contribution >= 4 is 32.5 Å². The van der Waals surface area contributed by atoms with Gasteiger partial charge in [0.05, 0.1) is 16.1 Å². The van der Waals surface area contributed by atoms with Crippen molar-refractivity contribution in [3.05, 3.63) is 58.7 Å². The molecule has 1 heterocycles. The van der Waals surface area contributed by atoms with E-state index in [2.05, 4.69) is 0 Å². The fourth-order valence-corrected chi connectivity index (χ4v) is 4.70. The van der Waals surface area contributed by atoms with Crippen molar-refractivity contribution in [1.29, 1.82) is 0 Å². The molecule has 7 heteroatoms. The van der Waals surface area contributed by atoms with E-state index in [1.807, 2.05) is 25.9 Å². The normalized spacial score (nSPS) is 12.1. The summed E-state index contributed by atoms with van der Waals surface area (Å²) in [5.74, 6) is 0.546. The molecule has 0 aliphatic rings. The van der Waals surface area contributed by atoms with Crippen LogP contribution in [0.5, 0.6) is 5.75 Å². The minimum Gasteiger partial charge on any atom is -0.490 e. The van der Waals surface area contributed by atoms with Gasteiger partial charge in [0.15, 0.2) is 0 Å². The van der Waals surface area contributed by atoms with E-state index in [0.717, 1.165) is 12.1 Å². The predicted molar refractivity (Wildman–Crippen MR) is 109 cm³/mol. The summed E-state index contributed by atoms with van der Waals surface area (Å²) in [6.45, 7) is 4.84. The van der Waals surface area contributed by atoms with Crippen molar-refractivity contribution in [1.82, 2.24) is 8.87 Å². The SMILES string of the molecule is Cc1ccc(S(=O)(=O)n2c(C)c(OCCN(C)C)c3cc(Cl)ccc32)cc1. The van der Waals surface area contributed by atoms with Gasteiger partial charge in [-0.25, -0.2) is 12.4 Å². The first-order chi connectivity index (χ1) is 12.7. The highest BCUT2D eigenvalue weighted by Crippen LogP contribution is 2.37. The maximum absolute atomic E-state index is 13.3. The van der Waals surface area contributed by atoms with Crippen LogP contribution in [0.1, 0.15) is 11.3 Å². The molecule has 144 valence electrons. The monoisotopic (exact) mass is 406 g/mol. The molecule has 0 bridgehead atoms. The van der Waals surface area contributed by atoms with E-state index >= 15 is 0 Å². The Labute approximate surface area is 165 Å². The lowest BCUT2D eigenvalue weighted by Gasteiger charge is -2.12. The summed E-state index contributed by atoms with van der Waals surface area (Å²) in [5.41, 5.74) is 2.09. The maximum atomic E-state index is 13.3. The van der Waals surface area contributed by atoms with Crippen molar-refractivity contribution in [3.63, 3.8) is 0 Å². The third kappa shape index (κ3) is 3.83. The molecule has 0 saturated heterocycles. The first-order valence-corrected chi connectivity index (χ1v) is 10.4. The van der Waals surface area contributed by atoms with Crippen LogP contribution in [0.3, 0.4) is 0 Å². The number of benzene rings is 2. The zero-order valence-corrected chi connectivity index (χ0v) is 17.4. The Morgan fingerprint density at radius 3 is 2.37 bits per heavy atom. The molecule has 0 spiro atoms. The van der Waals surface area contributed by atoms with Crippen molar-refractivity contribution in [2.24, 2.45) is 0 Å². The molecule has 0 aliphatic heterocycles. The van der Waals surface area contributed by atoms with E-state index in [1.54, 1.807) is 49.4 Å². The first kappa shape index (κ1) is 19.7. The highest BCUT2D eigenvalue weighted by Gasteiger charge is 2.26. The second-order valence-corrected chi connectivity index (χ2v) is 9.03. The lowest BCUT2D eigenvalue weighted by molar-refractivity contribution is 0.262. The Bertz CT molecular complexity index is 1070. The summed E-state index contributed by atoms with van der Waals surface area (Å²) in [4.78, 5) is 2.24. The Hall–Kier alpha value is -2.02. The van der Waals surface area contributed by atoms with Crippen molar-refractivity contribution in [3.8, 4) is 5.75 Å². The molecular formula is C20H23ClN2O3S. The summed E-state index contributed by atoms with van der Waals surface area (Å²) in [6.07, 6.45) is 0. The lowest BCUT2D eigenvalue weighted by atomic mass is 10.2. The van der Waals surface area contributed by atoms with Crippen LogP contribution in [0.4, 0.5) is 0 Å². The number of aromatic nitrogens is 1. The number of ether oxygens (including phenoxy) is 1. The van der Waals surface area contributed by atoms with Gasteiger partial charge in [-0.1, -0.05) is 29.3 Å². The number of likely N-dealkylation sites (N-methyl/N-ethyl adjacent to an activating group) is 1. The van der Waals surface area contributed by atoms with Crippen molar-refractivity contribution in [2.75, 3.05) is 27.2 Å². The van der Waals surface area contributed by atoms with Crippen LogP contribution in [0.2, 0.25) is 5.02 Å². The topological polar surface area (TPSA) is 51.5 Å². The Balaban J connectivity index is 2.18. The molecule has 2 aromatic carbocycles. The number of hydrogen-bond donors (Lipinski definition) is 0. The fourth-order valence-electron chi connectivity index (χ4n) is 2.97. The molecule has 0 amide bonds. The minimum atomic E-state index is -3.76. The van der Waals surface area contributed by atoms with E-state index < -0.39 is 10.0 Å². The molecular weight excluding hydrogens is 384 g/mol. The van der Waals surface area contributed by atoms with Gasteiger partial charge in [0.25, 0.3) is 10.0 Å². The van der Waals surface area contributed by atoms with Gasteiger partial charge in [-0.2, -0.15) is 0 Å². The standard InChI is InChI=1S/C20H23ClN2O3S/c1-14-5-8-17(9-6-14)27(24,25)23-15(2)20(26-12-11-22(3)4)18-13-16(21)7-10-19(18)23/h5-10,13H,11-12H2,1-4H3. The average Bonchev–Trinajstić information content (AvgIpc) is 2.87. The van der Waals surface area contributed by atoms with Gasteiger partial charge in [-0.3, -0.25) is 0 Å². The lowest BCUT2D eigenvalue weighted by Crippen LogP contribution is -2.20. The van der Waals surface area contributed by atoms with E-state index in [9.17, 15) is 8.42 Å². The largest absolute Gasteiger partial charge is 0.490 e. The van der Waals surface area contributed by atoms with Crippen LogP contribution in [-0.2, 0) is 10.0 Å². The van der Waals surface area contributed by atoms with Gasteiger partial charge in [0.2, 0.25) is 0 Å². The second kappa shape index (κ2) is 7.54. The summed E-state index contributed by atoms with van der Waals surface area (Å²) in [7, 11) is 0.150. The number of halogens is 1. The van der Waals surface area contributed by atoms with Gasteiger partial charge in [-0.05, 0) is 58.3 Å². The van der Waals surface area contributed by atoms with Crippen LogP contribution >= 0.6 is 11.6 Å². The van der Waals surface area contributed by atoms with Crippen molar-refractivity contribution in [2.45, 2.75) is 18.7 Å². The molecule has 3 rings (SSSR count). The number of rotatable bonds is 6. The molecule has 0 saturated carbocycles. The number of aryl methyl sites for hydroxylation is 1. The summed E-state index contributed by atoms with van der Waals surface area (Å²) < 4.78 is 34.0.